The van der Waals surface area contributed by atoms with Crippen LogP contribution in [0.1, 0.15) is 0 Å². The highest BCUT2D eigenvalue weighted by Gasteiger charge is 2.19. The van der Waals surface area contributed by atoms with Crippen molar-refractivity contribution in [3.8, 4) is 5.75 Å². The number of rotatable bonds is 8. The minimum atomic E-state index is -0.397. The molecule has 0 amide bonds. The number of piperazine rings is 1. The summed E-state index contributed by atoms with van der Waals surface area (Å²) in [5, 5.41) is 16.2. The van der Waals surface area contributed by atoms with Gasteiger partial charge >= 0.3 is 0 Å². The Morgan fingerprint density at radius 2 is 1.96 bits per heavy atom. The van der Waals surface area contributed by atoms with Gasteiger partial charge in [0.15, 0.2) is 0 Å². The van der Waals surface area contributed by atoms with E-state index in [0.717, 1.165) is 48.8 Å². The van der Waals surface area contributed by atoms with Crippen LogP contribution in [0.2, 0.25) is 5.02 Å². The van der Waals surface area contributed by atoms with Crippen LogP contribution in [-0.2, 0) is 6.54 Å². The molecule has 0 saturated carbocycles. The smallest absolute Gasteiger partial charge is 0.287 e. The van der Waals surface area contributed by atoms with E-state index in [1.165, 1.54) is 6.20 Å². The number of benzene rings is 1. The van der Waals surface area contributed by atoms with Gasteiger partial charge in [0.05, 0.1) is 37.8 Å². The van der Waals surface area contributed by atoms with Crippen molar-refractivity contribution in [3.63, 3.8) is 0 Å². The second-order valence-corrected chi connectivity index (χ2v) is 6.93. The molecular formula is C19H26ClN5O3. The summed E-state index contributed by atoms with van der Waals surface area (Å²) in [6.45, 7) is 5.24. The molecule has 1 aromatic heterocycles. The molecule has 2 heterocycles. The van der Waals surface area contributed by atoms with E-state index in [1.807, 2.05) is 18.2 Å². The molecule has 1 aliphatic rings. The van der Waals surface area contributed by atoms with Crippen LogP contribution >= 0.6 is 11.6 Å². The van der Waals surface area contributed by atoms with E-state index >= 15 is 0 Å². The third-order valence-electron chi connectivity index (χ3n) is 4.84. The van der Waals surface area contributed by atoms with Crippen molar-refractivity contribution in [1.29, 1.82) is 0 Å². The van der Waals surface area contributed by atoms with Gasteiger partial charge in [-0.15, -0.1) is 0 Å². The Labute approximate surface area is 169 Å². The molecule has 1 saturated heterocycles. The summed E-state index contributed by atoms with van der Waals surface area (Å²) in [6, 6.07) is 8.08. The maximum Gasteiger partial charge on any atom is 0.287 e. The highest BCUT2D eigenvalue weighted by Crippen LogP contribution is 2.28. The first-order valence-corrected chi connectivity index (χ1v) is 9.72. The number of aliphatic hydroxyl groups is 1. The lowest BCUT2D eigenvalue weighted by Gasteiger charge is -2.36. The third kappa shape index (κ3) is 4.76. The van der Waals surface area contributed by atoms with Crippen LogP contribution < -0.4 is 20.5 Å². The second kappa shape index (κ2) is 9.77. The highest BCUT2D eigenvalue weighted by molar-refractivity contribution is 6.32. The van der Waals surface area contributed by atoms with Crippen LogP contribution in [-0.4, -0.2) is 72.8 Å². The minimum absolute atomic E-state index is 0.101. The summed E-state index contributed by atoms with van der Waals surface area (Å²) in [7, 11) is 1.70. The van der Waals surface area contributed by atoms with Crippen LogP contribution in [0.15, 0.2) is 35.3 Å². The molecule has 0 aliphatic carbocycles. The number of nitrogens with zero attached hydrogens (tertiary/aromatic N) is 4. The molecule has 1 aromatic carbocycles. The van der Waals surface area contributed by atoms with Gasteiger partial charge in [0, 0.05) is 39.3 Å². The SMILES string of the molecule is COc1ccccc1N1CCN(CCNc2cnn(CCO)c(=O)c2Cl)CC1. The zero-order chi connectivity index (χ0) is 19.9. The molecule has 0 spiro atoms. The van der Waals surface area contributed by atoms with Gasteiger partial charge in [0.2, 0.25) is 0 Å². The number of anilines is 2. The molecule has 0 bridgehead atoms. The molecule has 0 unspecified atom stereocenters. The molecule has 9 heteroatoms. The van der Waals surface area contributed by atoms with Crippen LogP contribution in [0.4, 0.5) is 11.4 Å². The molecule has 8 nitrogen and oxygen atoms in total. The van der Waals surface area contributed by atoms with Gasteiger partial charge in [-0.3, -0.25) is 9.69 Å². The van der Waals surface area contributed by atoms with E-state index in [1.54, 1.807) is 7.11 Å². The average Bonchev–Trinajstić information content (AvgIpc) is 2.73. The van der Waals surface area contributed by atoms with Gasteiger partial charge in [-0.05, 0) is 12.1 Å². The van der Waals surface area contributed by atoms with E-state index in [0.29, 0.717) is 12.2 Å². The number of hydrogen-bond donors (Lipinski definition) is 2. The van der Waals surface area contributed by atoms with Crippen LogP contribution in [0, 0.1) is 0 Å². The zero-order valence-electron chi connectivity index (χ0n) is 16.0. The Balaban J connectivity index is 1.49. The number of nitrogens with one attached hydrogen (secondary N) is 1. The second-order valence-electron chi connectivity index (χ2n) is 6.55. The molecule has 0 radical (unpaired) electrons. The predicted molar refractivity (Wildman–Crippen MR) is 111 cm³/mol. The quantitative estimate of drug-likeness (QED) is 0.678. The lowest BCUT2D eigenvalue weighted by Crippen LogP contribution is -2.47. The van der Waals surface area contributed by atoms with Crippen LogP contribution in [0.3, 0.4) is 0 Å². The number of hydrogen-bond acceptors (Lipinski definition) is 7. The van der Waals surface area contributed by atoms with Crippen molar-refractivity contribution in [2.75, 3.05) is 63.2 Å². The number of para-hydroxylation sites is 2. The number of aliphatic hydroxyl groups excluding tert-OH is 1. The molecule has 2 aromatic rings. The molecular weight excluding hydrogens is 382 g/mol. The standard InChI is InChI=1S/C19H26ClN5O3/c1-28-17-5-3-2-4-16(17)24-10-8-23(9-11-24)7-6-21-15-14-22-25(12-13-26)19(27)18(15)20/h2-5,14,21,26H,6-13H2,1H3. The molecule has 3 rings (SSSR count). The van der Waals surface area contributed by atoms with E-state index in [-0.39, 0.29) is 18.2 Å². The topological polar surface area (TPSA) is 82.9 Å². The average molecular weight is 408 g/mol. The van der Waals surface area contributed by atoms with Crippen LogP contribution in [0.25, 0.3) is 0 Å². The molecule has 0 atom stereocenters. The fraction of sp³-hybridized carbons (Fsp3) is 0.474. The number of aromatic nitrogens is 2. The van der Waals surface area contributed by atoms with Gasteiger partial charge in [-0.1, -0.05) is 23.7 Å². The van der Waals surface area contributed by atoms with Crippen molar-refractivity contribution in [1.82, 2.24) is 14.7 Å². The summed E-state index contributed by atoms with van der Waals surface area (Å²) >= 11 is 6.12. The Kier molecular flexibility index (Phi) is 7.13. The zero-order valence-corrected chi connectivity index (χ0v) is 16.7. The monoisotopic (exact) mass is 407 g/mol. The van der Waals surface area contributed by atoms with Gasteiger partial charge in [0.1, 0.15) is 10.8 Å². The predicted octanol–water partition coefficient (Wildman–Crippen LogP) is 1.13. The number of methoxy groups -OCH3 is 1. The Hall–Kier alpha value is -2.29. The largest absolute Gasteiger partial charge is 0.495 e. The first-order chi connectivity index (χ1) is 13.6. The van der Waals surface area contributed by atoms with Crippen molar-refractivity contribution < 1.29 is 9.84 Å². The minimum Gasteiger partial charge on any atom is -0.495 e. The van der Waals surface area contributed by atoms with Crippen molar-refractivity contribution in [2.45, 2.75) is 6.54 Å². The first-order valence-electron chi connectivity index (χ1n) is 9.34. The molecule has 1 aliphatic heterocycles. The van der Waals surface area contributed by atoms with Crippen LogP contribution in [0.5, 0.6) is 5.75 Å². The van der Waals surface area contributed by atoms with Gasteiger partial charge in [-0.2, -0.15) is 5.10 Å². The first kappa shape index (κ1) is 20.4. The fourth-order valence-electron chi connectivity index (χ4n) is 3.29. The summed E-state index contributed by atoms with van der Waals surface area (Å²) in [6.07, 6.45) is 1.53. The van der Waals surface area contributed by atoms with Gasteiger partial charge in [-0.25, -0.2) is 4.68 Å². The lowest BCUT2D eigenvalue weighted by molar-refractivity contribution is 0.265. The fourth-order valence-corrected chi connectivity index (χ4v) is 3.51. The summed E-state index contributed by atoms with van der Waals surface area (Å²) in [5.74, 6) is 0.899. The van der Waals surface area contributed by atoms with E-state index < -0.39 is 5.56 Å². The summed E-state index contributed by atoms with van der Waals surface area (Å²) in [5.41, 5.74) is 1.25. The maximum atomic E-state index is 12.1. The van der Waals surface area contributed by atoms with Gasteiger partial charge < -0.3 is 20.1 Å². The van der Waals surface area contributed by atoms with Gasteiger partial charge in [0.25, 0.3) is 5.56 Å². The Morgan fingerprint density at radius 3 is 2.68 bits per heavy atom. The van der Waals surface area contributed by atoms with Crippen molar-refractivity contribution in [3.05, 3.63) is 45.8 Å². The molecule has 28 heavy (non-hydrogen) atoms. The summed E-state index contributed by atoms with van der Waals surface area (Å²) in [4.78, 5) is 16.8. The summed E-state index contributed by atoms with van der Waals surface area (Å²) < 4.78 is 6.62. The van der Waals surface area contributed by atoms with Crippen molar-refractivity contribution >= 4 is 23.0 Å². The molecule has 152 valence electrons. The van der Waals surface area contributed by atoms with Crippen molar-refractivity contribution in [2.24, 2.45) is 0 Å². The lowest BCUT2D eigenvalue weighted by atomic mass is 10.2. The van der Waals surface area contributed by atoms with E-state index in [4.69, 9.17) is 21.4 Å². The maximum absolute atomic E-state index is 12.1. The van der Waals surface area contributed by atoms with E-state index in [2.05, 4.69) is 26.3 Å². The Morgan fingerprint density at radius 1 is 1.21 bits per heavy atom. The van der Waals surface area contributed by atoms with E-state index in [9.17, 15) is 4.79 Å². The normalized spacial score (nSPS) is 14.9. The highest BCUT2D eigenvalue weighted by atomic mass is 35.5. The molecule has 1 fully saturated rings. The third-order valence-corrected chi connectivity index (χ3v) is 5.20. The molecule has 2 N–H and O–H groups in total. The number of halogens is 1. The number of ether oxygens (including phenoxy) is 1. The Bertz CT molecular complexity index is 837.